The molecule has 94 valence electrons. The number of nitrogens with zero attached hydrogens (tertiary/aromatic N) is 1. The summed E-state index contributed by atoms with van der Waals surface area (Å²) in [6.45, 7) is 4.72. The summed E-state index contributed by atoms with van der Waals surface area (Å²) in [4.78, 5) is 15.4. The predicted octanol–water partition coefficient (Wildman–Crippen LogP) is 3.65. The Morgan fingerprint density at radius 3 is 2.78 bits per heavy atom. The van der Waals surface area contributed by atoms with Gasteiger partial charge in [-0.05, 0) is 29.7 Å². The minimum atomic E-state index is -0.574. The molecule has 0 saturated heterocycles. The highest BCUT2D eigenvalue weighted by molar-refractivity contribution is 6.67. The molecular weight excluding hydrogens is 250 g/mol. The van der Waals surface area contributed by atoms with Crippen molar-refractivity contribution in [1.29, 1.82) is 0 Å². The van der Waals surface area contributed by atoms with E-state index in [2.05, 4.69) is 18.8 Å². The molecular formula is C14H14ClNO2. The zero-order valence-electron chi connectivity index (χ0n) is 10.3. The highest BCUT2D eigenvalue weighted by Gasteiger charge is 2.11. The quantitative estimate of drug-likeness (QED) is 0.791. The maximum Gasteiger partial charge on any atom is 0.270 e. The Labute approximate surface area is 111 Å². The average Bonchev–Trinajstić information content (AvgIpc) is 2.35. The van der Waals surface area contributed by atoms with Gasteiger partial charge < -0.3 is 4.74 Å². The fourth-order valence-corrected chi connectivity index (χ4v) is 1.72. The largest absolute Gasteiger partial charge is 0.493 e. The van der Waals surface area contributed by atoms with Crippen molar-refractivity contribution >= 4 is 27.7 Å². The van der Waals surface area contributed by atoms with Gasteiger partial charge in [-0.2, -0.15) is 0 Å². The number of fused-ring (bicyclic) bond motifs is 1. The molecule has 0 aliphatic rings. The molecule has 4 heteroatoms. The van der Waals surface area contributed by atoms with E-state index in [9.17, 15) is 4.79 Å². The summed E-state index contributed by atoms with van der Waals surface area (Å²) in [5.74, 6) is 1.06. The van der Waals surface area contributed by atoms with Crippen LogP contribution in [0.25, 0.3) is 10.9 Å². The van der Waals surface area contributed by atoms with Crippen LogP contribution >= 0.6 is 11.6 Å². The van der Waals surface area contributed by atoms with Crippen molar-refractivity contribution in [2.24, 2.45) is 5.92 Å². The average molecular weight is 264 g/mol. The van der Waals surface area contributed by atoms with Gasteiger partial charge in [-0.25, -0.2) is 4.98 Å². The van der Waals surface area contributed by atoms with Crippen LogP contribution in [0.2, 0.25) is 0 Å². The molecule has 0 atom stereocenters. The van der Waals surface area contributed by atoms with Crippen molar-refractivity contribution in [1.82, 2.24) is 4.98 Å². The van der Waals surface area contributed by atoms with E-state index in [1.807, 2.05) is 24.3 Å². The normalized spacial score (nSPS) is 10.9. The number of carbonyl (C=O) groups is 1. The zero-order chi connectivity index (χ0) is 13.1. The maximum absolute atomic E-state index is 11.2. The lowest BCUT2D eigenvalue weighted by Crippen LogP contribution is -2.06. The molecule has 1 heterocycles. The highest BCUT2D eigenvalue weighted by atomic mass is 35.5. The smallest absolute Gasteiger partial charge is 0.270 e. The Bertz CT molecular complexity index is 581. The Morgan fingerprint density at radius 1 is 1.39 bits per heavy atom. The molecule has 18 heavy (non-hydrogen) atoms. The Kier molecular flexibility index (Phi) is 3.82. The van der Waals surface area contributed by atoms with Gasteiger partial charge in [-0.1, -0.05) is 26.0 Å². The number of benzene rings is 1. The summed E-state index contributed by atoms with van der Waals surface area (Å²) >= 11 is 5.48. The predicted molar refractivity (Wildman–Crippen MR) is 72.3 cm³/mol. The molecule has 0 aliphatic heterocycles. The van der Waals surface area contributed by atoms with Crippen LogP contribution < -0.4 is 4.74 Å². The molecule has 0 aliphatic carbocycles. The number of para-hydroxylation sites is 1. The minimum absolute atomic E-state index is 0.217. The number of pyridine rings is 1. The van der Waals surface area contributed by atoms with Crippen molar-refractivity contribution in [2.75, 3.05) is 6.61 Å². The number of halogens is 1. The van der Waals surface area contributed by atoms with Crippen molar-refractivity contribution in [3.63, 3.8) is 0 Å². The first-order valence-electron chi connectivity index (χ1n) is 5.80. The van der Waals surface area contributed by atoms with Crippen LogP contribution in [0.3, 0.4) is 0 Å². The van der Waals surface area contributed by atoms with Gasteiger partial charge in [0.1, 0.15) is 11.4 Å². The molecule has 0 bridgehead atoms. The number of carbonyl (C=O) groups excluding carboxylic acids is 1. The zero-order valence-corrected chi connectivity index (χ0v) is 11.1. The monoisotopic (exact) mass is 263 g/mol. The summed E-state index contributed by atoms with van der Waals surface area (Å²) in [6.07, 6.45) is 0. The number of hydrogen-bond acceptors (Lipinski definition) is 3. The second-order valence-electron chi connectivity index (χ2n) is 4.50. The second-order valence-corrected chi connectivity index (χ2v) is 4.84. The lowest BCUT2D eigenvalue weighted by molar-refractivity contribution is 0.107. The standard InChI is InChI=1S/C14H14ClNO2/c1-9(2)8-18-13-7-12(14(15)17)16-11-6-4-3-5-10(11)13/h3-7,9H,8H2,1-2H3. The van der Waals surface area contributed by atoms with Crippen LogP contribution in [0, 0.1) is 5.92 Å². The molecule has 3 nitrogen and oxygen atoms in total. The Balaban J connectivity index is 2.50. The van der Waals surface area contributed by atoms with Gasteiger partial charge in [0.2, 0.25) is 0 Å². The van der Waals surface area contributed by atoms with Gasteiger partial charge >= 0.3 is 0 Å². The van der Waals surface area contributed by atoms with Crippen molar-refractivity contribution in [3.05, 3.63) is 36.0 Å². The SMILES string of the molecule is CC(C)COc1cc(C(=O)Cl)nc2ccccc12. The van der Waals surface area contributed by atoms with Gasteiger partial charge in [-0.15, -0.1) is 0 Å². The summed E-state index contributed by atoms with van der Waals surface area (Å²) in [5.41, 5.74) is 0.928. The molecule has 1 aromatic heterocycles. The van der Waals surface area contributed by atoms with Gasteiger partial charge in [0.25, 0.3) is 5.24 Å². The van der Waals surface area contributed by atoms with Crippen LogP contribution in [0.5, 0.6) is 5.75 Å². The van der Waals surface area contributed by atoms with Crippen LogP contribution in [0.4, 0.5) is 0 Å². The first-order valence-corrected chi connectivity index (χ1v) is 6.18. The van der Waals surface area contributed by atoms with Gasteiger partial charge in [0.05, 0.1) is 12.1 Å². The van der Waals surface area contributed by atoms with Crippen LogP contribution in [0.1, 0.15) is 24.3 Å². The number of rotatable bonds is 4. The molecule has 2 rings (SSSR count). The lowest BCUT2D eigenvalue weighted by atomic mass is 10.2. The third-order valence-electron chi connectivity index (χ3n) is 2.45. The van der Waals surface area contributed by atoms with Crippen LogP contribution in [-0.2, 0) is 0 Å². The summed E-state index contributed by atoms with van der Waals surface area (Å²) < 4.78 is 5.72. The number of hydrogen-bond donors (Lipinski definition) is 0. The molecule has 0 spiro atoms. The van der Waals surface area contributed by atoms with Gasteiger partial charge in [0.15, 0.2) is 0 Å². The van der Waals surface area contributed by atoms with E-state index in [1.165, 1.54) is 0 Å². The molecule has 1 aromatic carbocycles. The van der Waals surface area contributed by atoms with Crippen molar-refractivity contribution in [3.8, 4) is 5.75 Å². The third kappa shape index (κ3) is 2.79. The Morgan fingerprint density at radius 2 is 2.11 bits per heavy atom. The molecule has 0 amide bonds. The van der Waals surface area contributed by atoms with E-state index in [4.69, 9.17) is 16.3 Å². The summed E-state index contributed by atoms with van der Waals surface area (Å²) in [6, 6.07) is 9.12. The fourth-order valence-electron chi connectivity index (χ4n) is 1.62. The topological polar surface area (TPSA) is 39.2 Å². The molecule has 0 N–H and O–H groups in total. The summed E-state index contributed by atoms with van der Waals surface area (Å²) in [5, 5.41) is 0.315. The van der Waals surface area contributed by atoms with E-state index in [-0.39, 0.29) is 5.69 Å². The van der Waals surface area contributed by atoms with Gasteiger partial charge in [0, 0.05) is 11.5 Å². The highest BCUT2D eigenvalue weighted by Crippen LogP contribution is 2.26. The second kappa shape index (κ2) is 5.36. The molecule has 0 radical (unpaired) electrons. The number of ether oxygens (including phenoxy) is 1. The lowest BCUT2D eigenvalue weighted by Gasteiger charge is -2.11. The van der Waals surface area contributed by atoms with Crippen molar-refractivity contribution in [2.45, 2.75) is 13.8 Å². The fraction of sp³-hybridized carbons (Fsp3) is 0.286. The van der Waals surface area contributed by atoms with E-state index in [0.717, 1.165) is 5.39 Å². The van der Waals surface area contributed by atoms with Gasteiger partial charge in [-0.3, -0.25) is 4.79 Å². The molecule has 0 fully saturated rings. The van der Waals surface area contributed by atoms with Crippen LogP contribution in [-0.4, -0.2) is 16.8 Å². The number of aromatic nitrogens is 1. The van der Waals surface area contributed by atoms with E-state index >= 15 is 0 Å². The minimum Gasteiger partial charge on any atom is -0.493 e. The molecule has 2 aromatic rings. The van der Waals surface area contributed by atoms with E-state index in [0.29, 0.717) is 23.8 Å². The Hall–Kier alpha value is -1.61. The van der Waals surface area contributed by atoms with E-state index < -0.39 is 5.24 Å². The first kappa shape index (κ1) is 12.8. The third-order valence-corrected chi connectivity index (χ3v) is 2.65. The summed E-state index contributed by atoms with van der Waals surface area (Å²) in [7, 11) is 0. The first-order chi connectivity index (χ1) is 8.58. The maximum atomic E-state index is 11.2. The van der Waals surface area contributed by atoms with Crippen LogP contribution in [0.15, 0.2) is 30.3 Å². The molecule has 0 saturated carbocycles. The van der Waals surface area contributed by atoms with Crippen molar-refractivity contribution < 1.29 is 9.53 Å². The van der Waals surface area contributed by atoms with E-state index in [1.54, 1.807) is 6.07 Å². The molecule has 0 unspecified atom stereocenters.